The van der Waals surface area contributed by atoms with Crippen molar-refractivity contribution in [2.45, 2.75) is 57.3 Å². The fourth-order valence-electron chi connectivity index (χ4n) is 4.51. The second-order valence-electron chi connectivity index (χ2n) is 10.3. The van der Waals surface area contributed by atoms with Crippen LogP contribution < -0.4 is 21.7 Å². The van der Waals surface area contributed by atoms with Gasteiger partial charge in [0, 0.05) is 29.7 Å². The first kappa shape index (κ1) is 23.4. The molecule has 6 N–H and O–H groups in total. The van der Waals surface area contributed by atoms with Crippen molar-refractivity contribution in [1.82, 2.24) is 25.3 Å². The molecule has 0 aliphatic carbocycles. The van der Waals surface area contributed by atoms with Crippen LogP contribution in [-0.2, 0) is 11.8 Å². The number of nitrogens with one attached hydrogen (secondary N) is 4. The van der Waals surface area contributed by atoms with Gasteiger partial charge >= 0.3 is 0 Å². The molecule has 5 rings (SSSR count). The van der Waals surface area contributed by atoms with Gasteiger partial charge in [0.2, 0.25) is 0 Å². The third kappa shape index (κ3) is 4.78. The molecule has 3 aromatic rings. The number of benzene rings is 1. The van der Waals surface area contributed by atoms with E-state index < -0.39 is 17.4 Å². The minimum atomic E-state index is -1.39. The minimum absolute atomic E-state index is 0.00887. The Labute approximate surface area is 202 Å². The fraction of sp³-hybridized carbons (Fsp3) is 0.458. The highest BCUT2D eigenvalue weighted by atomic mass is 19.1. The average Bonchev–Trinajstić information content (AvgIpc) is 3.43. The summed E-state index contributed by atoms with van der Waals surface area (Å²) >= 11 is 0. The summed E-state index contributed by atoms with van der Waals surface area (Å²) in [6.45, 7) is 8.08. The summed E-state index contributed by atoms with van der Waals surface area (Å²) in [5, 5.41) is 22.0. The van der Waals surface area contributed by atoms with Crippen LogP contribution in [-0.4, -0.2) is 44.7 Å². The van der Waals surface area contributed by atoms with E-state index in [1.54, 1.807) is 6.20 Å². The number of nitrogens with two attached hydrogens (primary N) is 1. The molecule has 1 atom stereocenters. The summed E-state index contributed by atoms with van der Waals surface area (Å²) in [5.74, 6) is -0.907. The Morgan fingerprint density at radius 2 is 1.97 bits per heavy atom. The molecule has 4 heterocycles. The number of rotatable bonds is 4. The van der Waals surface area contributed by atoms with E-state index in [9.17, 15) is 8.78 Å². The van der Waals surface area contributed by atoms with E-state index in [2.05, 4.69) is 52.0 Å². The Kier molecular flexibility index (Phi) is 5.84. The predicted molar refractivity (Wildman–Crippen MR) is 131 cm³/mol. The van der Waals surface area contributed by atoms with Crippen molar-refractivity contribution < 1.29 is 8.78 Å². The zero-order valence-corrected chi connectivity index (χ0v) is 20.1. The number of nitrogens with zero attached hydrogens (tertiary/aromatic N) is 4. The molecular weight excluding hydrogens is 452 g/mol. The molecule has 2 aliphatic rings. The van der Waals surface area contributed by atoms with E-state index in [-0.39, 0.29) is 23.4 Å². The van der Waals surface area contributed by atoms with Gasteiger partial charge in [-0.3, -0.25) is 10.8 Å². The summed E-state index contributed by atoms with van der Waals surface area (Å²) in [6.07, 6.45) is 3.61. The maximum atomic E-state index is 14.5. The van der Waals surface area contributed by atoms with Crippen LogP contribution in [0.25, 0.3) is 0 Å². The van der Waals surface area contributed by atoms with E-state index in [0.29, 0.717) is 17.5 Å². The zero-order chi connectivity index (χ0) is 24.8. The van der Waals surface area contributed by atoms with Gasteiger partial charge in [-0.1, -0.05) is 26.8 Å². The van der Waals surface area contributed by atoms with Crippen molar-refractivity contribution in [3.8, 4) is 0 Å². The fourth-order valence-corrected chi connectivity index (χ4v) is 4.51. The smallest absolute Gasteiger partial charge is 0.189 e. The Hall–Kier alpha value is -3.31. The molecule has 2 aliphatic heterocycles. The number of hydrogen-bond acceptors (Lipinski definition) is 7. The monoisotopic (exact) mass is 483 g/mol. The van der Waals surface area contributed by atoms with Crippen LogP contribution in [0.4, 0.5) is 20.4 Å². The molecule has 1 fully saturated rings. The second-order valence-corrected chi connectivity index (χ2v) is 10.3. The van der Waals surface area contributed by atoms with Gasteiger partial charge in [-0.25, -0.2) is 18.5 Å². The number of fused-ring (bicyclic) bond motifs is 1. The number of anilines is 2. The molecule has 2 aromatic heterocycles. The van der Waals surface area contributed by atoms with Crippen LogP contribution in [0.3, 0.4) is 0 Å². The van der Waals surface area contributed by atoms with Crippen LogP contribution in [0.2, 0.25) is 0 Å². The first-order valence-electron chi connectivity index (χ1n) is 11.8. The topological polar surface area (TPSA) is 121 Å². The molecule has 1 aromatic carbocycles. The van der Waals surface area contributed by atoms with Gasteiger partial charge in [0.05, 0.1) is 17.8 Å². The maximum Gasteiger partial charge on any atom is 0.189 e. The highest BCUT2D eigenvalue weighted by molar-refractivity contribution is 6.12. The summed E-state index contributed by atoms with van der Waals surface area (Å²) in [5.41, 5.74) is 8.58. The first-order valence-corrected chi connectivity index (χ1v) is 11.8. The molecule has 0 amide bonds. The average molecular weight is 484 g/mol. The number of aromatic amines is 1. The highest BCUT2D eigenvalue weighted by Gasteiger charge is 2.36. The van der Waals surface area contributed by atoms with E-state index in [1.807, 2.05) is 10.7 Å². The minimum Gasteiger partial charge on any atom is -0.333 e. The maximum absolute atomic E-state index is 14.5. The summed E-state index contributed by atoms with van der Waals surface area (Å²) in [4.78, 5) is 4.73. The molecule has 0 radical (unpaired) electrons. The summed E-state index contributed by atoms with van der Waals surface area (Å²) in [6, 6.07) is 5.59. The number of hydrogen-bond donors (Lipinski definition) is 5. The third-order valence-corrected chi connectivity index (χ3v) is 6.46. The van der Waals surface area contributed by atoms with Crippen molar-refractivity contribution in [1.29, 1.82) is 0 Å². The number of piperidine rings is 1. The Morgan fingerprint density at radius 1 is 1.20 bits per heavy atom. The van der Waals surface area contributed by atoms with Crippen molar-refractivity contribution in [2.75, 3.05) is 23.7 Å². The molecular formula is C24H31F2N9. The predicted octanol–water partition coefficient (Wildman–Crippen LogP) is 3.25. The summed E-state index contributed by atoms with van der Waals surface area (Å²) < 4.78 is 29.9. The van der Waals surface area contributed by atoms with Crippen molar-refractivity contribution in [2.24, 2.45) is 10.7 Å². The number of aliphatic imine (C=N–C) groups is 1. The number of halogens is 2. The second kappa shape index (κ2) is 8.72. The van der Waals surface area contributed by atoms with Crippen LogP contribution in [0.5, 0.6) is 0 Å². The molecule has 35 heavy (non-hydrogen) atoms. The van der Waals surface area contributed by atoms with Crippen LogP contribution in [0, 0.1) is 11.6 Å². The van der Waals surface area contributed by atoms with Crippen LogP contribution in [0.1, 0.15) is 56.5 Å². The normalized spacial score (nSPS) is 20.8. The van der Waals surface area contributed by atoms with E-state index in [0.717, 1.165) is 43.3 Å². The first-order chi connectivity index (χ1) is 16.6. The summed E-state index contributed by atoms with van der Waals surface area (Å²) in [7, 11) is 0. The molecule has 0 saturated carbocycles. The standard InChI is InChI=1S/C24H31F2N9/c1-23(2,3)19-11-20(34-33-19)30-21-17-13-29-35(16-6-8-28-9-7-16)22(17)32-24(27,31-21)12-14-4-5-15(25)10-18(14)26/h4-5,10-11,13,16,28,32H,6-9,12,27H2,1-3H3,(H2,30,31,33,34). The van der Waals surface area contributed by atoms with Gasteiger partial charge < -0.3 is 16.0 Å². The molecule has 0 bridgehead atoms. The number of amidine groups is 1. The Morgan fingerprint density at radius 3 is 2.66 bits per heavy atom. The lowest BCUT2D eigenvalue weighted by Gasteiger charge is -2.34. The quantitative estimate of drug-likeness (QED) is 0.389. The third-order valence-electron chi connectivity index (χ3n) is 6.46. The van der Waals surface area contributed by atoms with Crippen molar-refractivity contribution in [3.05, 3.63) is 58.9 Å². The van der Waals surface area contributed by atoms with Gasteiger partial charge in [-0.2, -0.15) is 10.2 Å². The van der Waals surface area contributed by atoms with E-state index in [4.69, 9.17) is 10.7 Å². The Balaban J connectivity index is 1.52. The van der Waals surface area contributed by atoms with E-state index in [1.165, 1.54) is 12.1 Å². The van der Waals surface area contributed by atoms with Crippen LogP contribution in [0.15, 0.2) is 35.5 Å². The van der Waals surface area contributed by atoms with Gasteiger partial charge in [0.15, 0.2) is 11.6 Å². The zero-order valence-electron chi connectivity index (χ0n) is 20.1. The van der Waals surface area contributed by atoms with Crippen LogP contribution >= 0.6 is 0 Å². The molecule has 9 nitrogen and oxygen atoms in total. The highest BCUT2D eigenvalue weighted by Crippen LogP contribution is 2.33. The van der Waals surface area contributed by atoms with E-state index >= 15 is 0 Å². The lowest BCUT2D eigenvalue weighted by atomic mass is 9.92. The van der Waals surface area contributed by atoms with Gasteiger partial charge in [0.1, 0.15) is 23.3 Å². The van der Waals surface area contributed by atoms with Gasteiger partial charge in [-0.15, -0.1) is 0 Å². The van der Waals surface area contributed by atoms with Gasteiger partial charge in [-0.05, 0) is 37.6 Å². The lowest BCUT2D eigenvalue weighted by Crippen LogP contribution is -2.52. The van der Waals surface area contributed by atoms with Gasteiger partial charge in [0.25, 0.3) is 0 Å². The molecule has 0 spiro atoms. The van der Waals surface area contributed by atoms with Crippen molar-refractivity contribution in [3.63, 3.8) is 0 Å². The largest absolute Gasteiger partial charge is 0.333 e. The molecule has 1 saturated heterocycles. The SMILES string of the molecule is CC(C)(C)c1cc(NC2=NC(N)(Cc3ccc(F)cc3F)Nc3c2cnn3C2CCNCC2)n[nH]1. The number of H-pyrrole nitrogens is 1. The lowest BCUT2D eigenvalue weighted by molar-refractivity contribution is 0.342. The van der Waals surface area contributed by atoms with Crippen molar-refractivity contribution >= 4 is 17.5 Å². The Bertz CT molecular complexity index is 1250. The number of aromatic nitrogens is 4. The molecule has 11 heteroatoms. The molecule has 186 valence electrons. The molecule has 1 unspecified atom stereocenters.